The highest BCUT2D eigenvalue weighted by Gasteiger charge is 2.37. The molecule has 1 N–H and O–H groups in total. The standard InChI is InChI=1S/C24H31NO2/c1-2-3-5-8-20-11-13-21(14-12-20)19-23(26)27-24(15-17-25-18-16-24)22-9-6-4-7-10-22/h4,6-7,9-14,25H,2-3,5,8,15-19H2,1H3. The number of hydrogen-bond donors (Lipinski definition) is 1. The Morgan fingerprint density at radius 2 is 1.63 bits per heavy atom. The number of nitrogens with one attached hydrogen (secondary N) is 1. The molecule has 27 heavy (non-hydrogen) atoms. The van der Waals surface area contributed by atoms with Gasteiger partial charge in [-0.3, -0.25) is 4.79 Å². The van der Waals surface area contributed by atoms with E-state index < -0.39 is 5.60 Å². The van der Waals surface area contributed by atoms with E-state index in [-0.39, 0.29) is 5.97 Å². The Balaban J connectivity index is 1.63. The summed E-state index contributed by atoms with van der Waals surface area (Å²) < 4.78 is 6.10. The average Bonchev–Trinajstić information content (AvgIpc) is 2.71. The molecule has 0 spiro atoms. The van der Waals surface area contributed by atoms with Crippen LogP contribution in [-0.4, -0.2) is 19.1 Å². The van der Waals surface area contributed by atoms with Crippen molar-refractivity contribution in [2.24, 2.45) is 0 Å². The minimum atomic E-state index is -0.496. The highest BCUT2D eigenvalue weighted by Crippen LogP contribution is 2.35. The lowest BCUT2D eigenvalue weighted by molar-refractivity contribution is -0.163. The van der Waals surface area contributed by atoms with Crippen LogP contribution in [0.1, 0.15) is 55.7 Å². The summed E-state index contributed by atoms with van der Waals surface area (Å²) >= 11 is 0. The smallest absolute Gasteiger partial charge is 0.311 e. The molecule has 0 bridgehead atoms. The van der Waals surface area contributed by atoms with Crippen LogP contribution in [0.15, 0.2) is 54.6 Å². The van der Waals surface area contributed by atoms with Gasteiger partial charge in [-0.2, -0.15) is 0 Å². The molecule has 0 amide bonds. The van der Waals surface area contributed by atoms with Crippen LogP contribution in [0.5, 0.6) is 0 Å². The summed E-state index contributed by atoms with van der Waals surface area (Å²) in [6.45, 7) is 3.96. The molecule has 3 rings (SSSR count). The van der Waals surface area contributed by atoms with E-state index in [1.165, 1.54) is 24.8 Å². The van der Waals surface area contributed by atoms with E-state index in [1.54, 1.807) is 0 Å². The molecule has 144 valence electrons. The second-order valence-electron chi connectivity index (χ2n) is 7.53. The fourth-order valence-corrected chi connectivity index (χ4v) is 3.85. The first-order valence-electron chi connectivity index (χ1n) is 10.3. The van der Waals surface area contributed by atoms with Gasteiger partial charge in [-0.25, -0.2) is 0 Å². The zero-order valence-electron chi connectivity index (χ0n) is 16.4. The number of aryl methyl sites for hydroxylation is 1. The molecule has 1 heterocycles. The van der Waals surface area contributed by atoms with Crippen molar-refractivity contribution in [3.8, 4) is 0 Å². The molecule has 2 aromatic rings. The van der Waals surface area contributed by atoms with Crippen molar-refractivity contribution in [1.82, 2.24) is 5.32 Å². The molecule has 1 saturated heterocycles. The minimum absolute atomic E-state index is 0.139. The molecule has 1 aliphatic rings. The van der Waals surface area contributed by atoms with Crippen LogP contribution in [-0.2, 0) is 28.0 Å². The van der Waals surface area contributed by atoms with Crippen molar-refractivity contribution in [3.63, 3.8) is 0 Å². The summed E-state index contributed by atoms with van der Waals surface area (Å²) in [6, 6.07) is 18.6. The van der Waals surface area contributed by atoms with Gasteiger partial charge in [0.25, 0.3) is 0 Å². The summed E-state index contributed by atoms with van der Waals surface area (Å²) in [5, 5.41) is 3.37. The first kappa shape index (κ1) is 19.6. The Morgan fingerprint density at radius 1 is 0.963 bits per heavy atom. The van der Waals surface area contributed by atoms with E-state index in [2.05, 4.69) is 48.6 Å². The molecule has 0 radical (unpaired) electrons. The minimum Gasteiger partial charge on any atom is -0.454 e. The number of carbonyl (C=O) groups excluding carboxylic acids is 1. The average molecular weight is 366 g/mol. The zero-order chi connectivity index (χ0) is 19.0. The number of benzene rings is 2. The number of piperidine rings is 1. The lowest BCUT2D eigenvalue weighted by atomic mass is 9.84. The molecule has 3 nitrogen and oxygen atoms in total. The summed E-state index contributed by atoms with van der Waals surface area (Å²) in [5.74, 6) is -0.139. The van der Waals surface area contributed by atoms with Crippen molar-refractivity contribution in [2.75, 3.05) is 13.1 Å². The van der Waals surface area contributed by atoms with Gasteiger partial charge in [-0.1, -0.05) is 74.4 Å². The molecule has 2 aromatic carbocycles. The van der Waals surface area contributed by atoms with Gasteiger partial charge in [-0.05, 0) is 42.6 Å². The van der Waals surface area contributed by atoms with Gasteiger partial charge < -0.3 is 10.1 Å². The Hall–Kier alpha value is -2.13. The maximum atomic E-state index is 12.7. The lowest BCUT2D eigenvalue weighted by Gasteiger charge is -2.37. The molecule has 1 fully saturated rings. The molecule has 0 aromatic heterocycles. The maximum Gasteiger partial charge on any atom is 0.311 e. The van der Waals surface area contributed by atoms with E-state index in [0.29, 0.717) is 6.42 Å². The summed E-state index contributed by atoms with van der Waals surface area (Å²) in [5.41, 5.74) is 2.98. The van der Waals surface area contributed by atoms with E-state index in [4.69, 9.17) is 4.74 Å². The van der Waals surface area contributed by atoms with Gasteiger partial charge in [0, 0.05) is 12.8 Å². The van der Waals surface area contributed by atoms with Crippen LogP contribution < -0.4 is 5.32 Å². The predicted octanol–water partition coefficient (Wildman–Crippen LogP) is 4.78. The van der Waals surface area contributed by atoms with Crippen molar-refractivity contribution in [2.45, 2.75) is 57.5 Å². The molecule has 0 saturated carbocycles. The second-order valence-corrected chi connectivity index (χ2v) is 7.53. The molecule has 0 unspecified atom stereocenters. The SMILES string of the molecule is CCCCCc1ccc(CC(=O)OC2(c3ccccc3)CCNCC2)cc1. The van der Waals surface area contributed by atoms with Crippen LogP contribution >= 0.6 is 0 Å². The molecule has 1 aliphatic heterocycles. The van der Waals surface area contributed by atoms with Crippen LogP contribution in [0.4, 0.5) is 0 Å². The van der Waals surface area contributed by atoms with E-state index >= 15 is 0 Å². The topological polar surface area (TPSA) is 38.3 Å². The third kappa shape index (κ3) is 5.43. The van der Waals surface area contributed by atoms with Crippen molar-refractivity contribution in [3.05, 3.63) is 71.3 Å². The number of unbranched alkanes of at least 4 members (excludes halogenated alkanes) is 2. The largest absolute Gasteiger partial charge is 0.454 e. The Kier molecular flexibility index (Phi) is 7.05. The fraction of sp³-hybridized carbons (Fsp3) is 0.458. The Labute approximate surface area is 163 Å². The summed E-state index contributed by atoms with van der Waals surface area (Å²) in [6.07, 6.45) is 6.82. The fourth-order valence-electron chi connectivity index (χ4n) is 3.85. The lowest BCUT2D eigenvalue weighted by Crippen LogP contribution is -2.43. The molecular weight excluding hydrogens is 334 g/mol. The summed E-state index contributed by atoms with van der Waals surface area (Å²) in [4.78, 5) is 12.7. The molecule has 0 atom stereocenters. The van der Waals surface area contributed by atoms with E-state index in [9.17, 15) is 4.79 Å². The van der Waals surface area contributed by atoms with Gasteiger partial charge in [0.15, 0.2) is 0 Å². The second kappa shape index (κ2) is 9.70. The van der Waals surface area contributed by atoms with Gasteiger partial charge in [0.05, 0.1) is 6.42 Å². The van der Waals surface area contributed by atoms with Crippen molar-refractivity contribution in [1.29, 1.82) is 0 Å². The summed E-state index contributed by atoms with van der Waals surface area (Å²) in [7, 11) is 0. The normalized spacial score (nSPS) is 16.0. The Morgan fingerprint density at radius 3 is 2.30 bits per heavy atom. The Bertz CT molecular complexity index is 703. The molecule has 3 heteroatoms. The monoisotopic (exact) mass is 365 g/mol. The molecular formula is C24H31NO2. The number of carbonyl (C=O) groups is 1. The predicted molar refractivity (Wildman–Crippen MR) is 110 cm³/mol. The number of esters is 1. The maximum absolute atomic E-state index is 12.7. The third-order valence-electron chi connectivity index (χ3n) is 5.46. The first-order chi connectivity index (χ1) is 13.2. The van der Waals surface area contributed by atoms with Gasteiger partial charge in [0.1, 0.15) is 5.60 Å². The van der Waals surface area contributed by atoms with E-state index in [1.807, 2.05) is 18.2 Å². The first-order valence-corrected chi connectivity index (χ1v) is 10.3. The highest BCUT2D eigenvalue weighted by molar-refractivity contribution is 5.73. The molecule has 0 aliphatic carbocycles. The quantitative estimate of drug-likeness (QED) is 0.540. The highest BCUT2D eigenvalue weighted by atomic mass is 16.6. The van der Waals surface area contributed by atoms with Crippen molar-refractivity contribution >= 4 is 5.97 Å². The zero-order valence-corrected chi connectivity index (χ0v) is 16.4. The van der Waals surface area contributed by atoms with Crippen molar-refractivity contribution < 1.29 is 9.53 Å². The van der Waals surface area contributed by atoms with Crippen LogP contribution in [0.3, 0.4) is 0 Å². The van der Waals surface area contributed by atoms with Crippen LogP contribution in [0.25, 0.3) is 0 Å². The third-order valence-corrected chi connectivity index (χ3v) is 5.46. The number of rotatable bonds is 8. The van der Waals surface area contributed by atoms with E-state index in [0.717, 1.165) is 43.5 Å². The van der Waals surface area contributed by atoms with Gasteiger partial charge in [-0.15, -0.1) is 0 Å². The van der Waals surface area contributed by atoms with Crippen LogP contribution in [0, 0.1) is 0 Å². The number of hydrogen-bond acceptors (Lipinski definition) is 3. The van der Waals surface area contributed by atoms with Gasteiger partial charge in [0.2, 0.25) is 0 Å². The van der Waals surface area contributed by atoms with Gasteiger partial charge >= 0.3 is 5.97 Å². The number of ether oxygens (including phenoxy) is 1. The van der Waals surface area contributed by atoms with Crippen LogP contribution in [0.2, 0.25) is 0 Å².